The minimum absolute atomic E-state index is 0.206. The Morgan fingerprint density at radius 3 is 2.00 bits per heavy atom. The van der Waals surface area contributed by atoms with E-state index in [9.17, 15) is 30.7 Å². The monoisotopic (exact) mass is 442 g/mol. The van der Waals surface area contributed by atoms with Crippen molar-refractivity contribution in [1.82, 2.24) is 0 Å². The molecule has 3 nitrogen and oxygen atoms in total. The van der Waals surface area contributed by atoms with Gasteiger partial charge in [0.05, 0.1) is 6.21 Å². The van der Waals surface area contributed by atoms with Gasteiger partial charge in [-0.05, 0) is 17.7 Å². The van der Waals surface area contributed by atoms with Crippen LogP contribution in [0.1, 0.15) is 16.7 Å². The number of nitrogens with one attached hydrogen (secondary N) is 1. The minimum Gasteiger partial charge on any atom is -0.488 e. The van der Waals surface area contributed by atoms with Gasteiger partial charge in [0.25, 0.3) is 0 Å². The molecule has 0 unspecified atom stereocenters. The molecule has 0 heterocycles. The van der Waals surface area contributed by atoms with Gasteiger partial charge in [-0.3, -0.25) is 5.43 Å². The van der Waals surface area contributed by atoms with Crippen molar-refractivity contribution in [3.05, 3.63) is 94.6 Å². The summed E-state index contributed by atoms with van der Waals surface area (Å²) in [5.74, 6) is -9.32. The first-order chi connectivity index (χ1) is 14.7. The zero-order valence-corrected chi connectivity index (χ0v) is 15.5. The van der Waals surface area contributed by atoms with Gasteiger partial charge in [-0.2, -0.15) is 18.3 Å². The molecular formula is C21H13F7N2O. The molecule has 0 fully saturated rings. The van der Waals surface area contributed by atoms with Crippen molar-refractivity contribution in [2.75, 3.05) is 5.43 Å². The molecule has 0 bridgehead atoms. The van der Waals surface area contributed by atoms with Gasteiger partial charge in [0.15, 0.2) is 23.3 Å². The van der Waals surface area contributed by atoms with Crippen molar-refractivity contribution >= 4 is 11.9 Å². The van der Waals surface area contributed by atoms with Crippen LogP contribution in [-0.4, -0.2) is 6.21 Å². The molecule has 0 aliphatic heterocycles. The summed E-state index contributed by atoms with van der Waals surface area (Å²) >= 11 is 0. The van der Waals surface area contributed by atoms with Crippen LogP contribution in [-0.2, 0) is 12.8 Å². The van der Waals surface area contributed by atoms with Gasteiger partial charge < -0.3 is 4.74 Å². The Kier molecular flexibility index (Phi) is 6.47. The smallest absolute Gasteiger partial charge is 0.422 e. The summed E-state index contributed by atoms with van der Waals surface area (Å²) in [7, 11) is 0. The number of alkyl halides is 3. The van der Waals surface area contributed by atoms with Crippen molar-refractivity contribution in [2.24, 2.45) is 5.10 Å². The molecule has 0 aliphatic rings. The molecule has 1 N–H and O–H groups in total. The first-order valence-electron chi connectivity index (χ1n) is 8.68. The van der Waals surface area contributed by atoms with Gasteiger partial charge in [-0.1, -0.05) is 42.5 Å². The highest BCUT2D eigenvalue weighted by molar-refractivity contribution is 5.84. The Hall–Kier alpha value is -3.56. The molecule has 0 aromatic heterocycles. The van der Waals surface area contributed by atoms with E-state index in [1.807, 2.05) is 30.3 Å². The quantitative estimate of drug-likeness (QED) is 0.211. The molecule has 0 radical (unpaired) electrons. The molecule has 162 valence electrons. The van der Waals surface area contributed by atoms with Crippen LogP contribution in [0.15, 0.2) is 59.7 Å². The number of para-hydroxylation sites is 1. The molecule has 0 aliphatic carbocycles. The summed E-state index contributed by atoms with van der Waals surface area (Å²) in [5, 5.41) is 3.47. The Morgan fingerprint density at radius 1 is 0.806 bits per heavy atom. The van der Waals surface area contributed by atoms with Gasteiger partial charge in [0, 0.05) is 5.56 Å². The first kappa shape index (κ1) is 22.1. The summed E-state index contributed by atoms with van der Waals surface area (Å²) in [6, 6.07) is 15.5. The van der Waals surface area contributed by atoms with Crippen LogP contribution < -0.4 is 10.2 Å². The first-order valence-corrected chi connectivity index (χ1v) is 8.68. The second-order valence-electron chi connectivity index (χ2n) is 6.19. The third-order valence-corrected chi connectivity index (χ3v) is 4.08. The number of ether oxygens (including phenoxy) is 1. The maximum Gasteiger partial charge on any atom is 0.422 e. The molecular weight excluding hydrogens is 429 g/mol. The fraction of sp³-hybridized carbons (Fsp3) is 0.0952. The summed E-state index contributed by atoms with van der Waals surface area (Å²) < 4.78 is 98.7. The minimum atomic E-state index is -5.62. The molecule has 0 spiro atoms. The van der Waals surface area contributed by atoms with Crippen molar-refractivity contribution < 1.29 is 35.5 Å². The molecule has 0 saturated carbocycles. The average Bonchev–Trinajstić information content (AvgIpc) is 2.74. The van der Waals surface area contributed by atoms with E-state index in [1.54, 1.807) is 23.6 Å². The maximum atomic E-state index is 13.9. The largest absolute Gasteiger partial charge is 0.488 e. The van der Waals surface area contributed by atoms with Crippen LogP contribution in [0, 0.1) is 23.3 Å². The predicted molar refractivity (Wildman–Crippen MR) is 99.7 cm³/mol. The van der Waals surface area contributed by atoms with E-state index in [0.29, 0.717) is 11.3 Å². The highest BCUT2D eigenvalue weighted by Crippen LogP contribution is 2.38. The fourth-order valence-corrected chi connectivity index (χ4v) is 2.60. The standard InChI is InChI=1S/C21H13F7N2O/c22-16-15(21(26,27)28)17(23)19(25)20(18(16)24)30-29-10-13-8-4-5-9-14(13)31-11-12-6-2-1-3-7-12/h1-10,30H,11H2/b29-10-. The van der Waals surface area contributed by atoms with Gasteiger partial charge in [0.1, 0.15) is 23.6 Å². The molecule has 3 aromatic carbocycles. The van der Waals surface area contributed by atoms with E-state index in [0.717, 1.165) is 11.8 Å². The van der Waals surface area contributed by atoms with E-state index < -0.39 is 40.7 Å². The molecule has 0 atom stereocenters. The topological polar surface area (TPSA) is 33.6 Å². The van der Waals surface area contributed by atoms with Crippen molar-refractivity contribution in [3.8, 4) is 5.75 Å². The molecule has 0 amide bonds. The average molecular weight is 442 g/mol. The fourth-order valence-electron chi connectivity index (χ4n) is 2.60. The SMILES string of the molecule is Fc1c(F)c(C(F)(F)F)c(F)c(F)c1N/N=C\c1ccccc1OCc1ccccc1. The summed E-state index contributed by atoms with van der Waals surface area (Å²) in [5.41, 5.74) is -1.25. The van der Waals surface area contributed by atoms with Crippen LogP contribution >= 0.6 is 0 Å². The normalized spacial score (nSPS) is 11.7. The number of halogens is 7. The Morgan fingerprint density at radius 2 is 1.39 bits per heavy atom. The zero-order valence-electron chi connectivity index (χ0n) is 15.5. The van der Waals surface area contributed by atoms with Crippen LogP contribution in [0.3, 0.4) is 0 Å². The second kappa shape index (κ2) is 9.07. The van der Waals surface area contributed by atoms with Crippen molar-refractivity contribution in [2.45, 2.75) is 12.8 Å². The number of hydrogen-bond acceptors (Lipinski definition) is 3. The number of benzene rings is 3. The van der Waals surface area contributed by atoms with Gasteiger partial charge in [0.2, 0.25) is 0 Å². The Balaban J connectivity index is 1.82. The van der Waals surface area contributed by atoms with E-state index in [1.165, 1.54) is 6.07 Å². The summed E-state index contributed by atoms with van der Waals surface area (Å²) in [4.78, 5) is 0. The summed E-state index contributed by atoms with van der Waals surface area (Å²) in [6.07, 6.45) is -4.58. The predicted octanol–water partition coefficient (Wildman–Crippen LogP) is 6.29. The van der Waals surface area contributed by atoms with Crippen LogP contribution in [0.25, 0.3) is 0 Å². The lowest BCUT2D eigenvalue weighted by atomic mass is 10.1. The third kappa shape index (κ3) is 4.96. The number of nitrogens with zero attached hydrogens (tertiary/aromatic N) is 1. The zero-order chi connectivity index (χ0) is 22.6. The third-order valence-electron chi connectivity index (χ3n) is 4.08. The van der Waals surface area contributed by atoms with Gasteiger partial charge in [-0.15, -0.1) is 0 Å². The van der Waals surface area contributed by atoms with Crippen molar-refractivity contribution in [3.63, 3.8) is 0 Å². The molecule has 10 heteroatoms. The van der Waals surface area contributed by atoms with E-state index in [-0.39, 0.29) is 6.61 Å². The lowest BCUT2D eigenvalue weighted by Gasteiger charge is -2.13. The van der Waals surface area contributed by atoms with Crippen LogP contribution in [0.4, 0.5) is 36.4 Å². The van der Waals surface area contributed by atoms with Gasteiger partial charge in [-0.25, -0.2) is 17.6 Å². The van der Waals surface area contributed by atoms with E-state index in [2.05, 4.69) is 5.10 Å². The highest BCUT2D eigenvalue weighted by Gasteiger charge is 2.42. The highest BCUT2D eigenvalue weighted by atomic mass is 19.4. The lowest BCUT2D eigenvalue weighted by Crippen LogP contribution is -2.16. The number of rotatable bonds is 6. The number of hydrazone groups is 1. The number of hydrogen-bond donors (Lipinski definition) is 1. The number of anilines is 1. The second-order valence-corrected chi connectivity index (χ2v) is 6.19. The van der Waals surface area contributed by atoms with Gasteiger partial charge >= 0.3 is 6.18 Å². The van der Waals surface area contributed by atoms with E-state index in [4.69, 9.17) is 4.74 Å². The summed E-state index contributed by atoms with van der Waals surface area (Å²) in [6.45, 7) is 0.206. The Labute approximate surface area is 171 Å². The van der Waals surface area contributed by atoms with E-state index >= 15 is 0 Å². The molecule has 31 heavy (non-hydrogen) atoms. The maximum absolute atomic E-state index is 13.9. The molecule has 3 rings (SSSR count). The van der Waals surface area contributed by atoms with Crippen LogP contribution in [0.2, 0.25) is 0 Å². The lowest BCUT2D eigenvalue weighted by molar-refractivity contribution is -0.143. The Bertz CT molecular complexity index is 1070. The molecule has 0 saturated heterocycles. The molecule has 3 aromatic rings. The van der Waals surface area contributed by atoms with Crippen LogP contribution in [0.5, 0.6) is 5.75 Å². The van der Waals surface area contributed by atoms with Crippen molar-refractivity contribution in [1.29, 1.82) is 0 Å².